The van der Waals surface area contributed by atoms with Gasteiger partial charge in [0.25, 0.3) is 0 Å². The number of halogens is 2. The third-order valence-electron chi connectivity index (χ3n) is 2.09. The van der Waals surface area contributed by atoms with Crippen LogP contribution in [0.2, 0.25) is 0 Å². The number of hydrogen-bond acceptors (Lipinski definition) is 3. The SMILES string of the molecule is COCCC(S)C(=O)c1ccc(F)cc1F. The van der Waals surface area contributed by atoms with Gasteiger partial charge in [-0.15, -0.1) is 0 Å². The minimum absolute atomic E-state index is 0.141. The van der Waals surface area contributed by atoms with E-state index >= 15 is 0 Å². The molecule has 0 N–H and O–H groups in total. The third-order valence-corrected chi connectivity index (χ3v) is 2.59. The summed E-state index contributed by atoms with van der Waals surface area (Å²) in [5.41, 5.74) is -0.141. The number of benzene rings is 1. The molecule has 1 aromatic rings. The van der Waals surface area contributed by atoms with Crippen LogP contribution in [0.3, 0.4) is 0 Å². The smallest absolute Gasteiger partial charge is 0.178 e. The molecule has 0 aliphatic rings. The van der Waals surface area contributed by atoms with Gasteiger partial charge < -0.3 is 4.74 Å². The zero-order valence-corrected chi connectivity index (χ0v) is 9.64. The fourth-order valence-corrected chi connectivity index (χ4v) is 1.47. The molecule has 5 heteroatoms. The van der Waals surface area contributed by atoms with Gasteiger partial charge in [0.2, 0.25) is 0 Å². The summed E-state index contributed by atoms with van der Waals surface area (Å²) >= 11 is 4.05. The molecule has 16 heavy (non-hydrogen) atoms. The number of carbonyl (C=O) groups is 1. The van der Waals surface area contributed by atoms with Crippen molar-refractivity contribution in [2.45, 2.75) is 11.7 Å². The Labute approximate surface area is 98.0 Å². The van der Waals surface area contributed by atoms with E-state index in [9.17, 15) is 13.6 Å². The van der Waals surface area contributed by atoms with Crippen LogP contribution in [0.15, 0.2) is 18.2 Å². The molecule has 1 aromatic carbocycles. The number of ketones is 1. The zero-order valence-electron chi connectivity index (χ0n) is 8.74. The highest BCUT2D eigenvalue weighted by atomic mass is 32.1. The van der Waals surface area contributed by atoms with Crippen LogP contribution in [-0.4, -0.2) is 24.7 Å². The van der Waals surface area contributed by atoms with Crippen molar-refractivity contribution in [2.24, 2.45) is 0 Å². The van der Waals surface area contributed by atoms with Gasteiger partial charge in [0, 0.05) is 19.8 Å². The van der Waals surface area contributed by atoms with Crippen LogP contribution in [0.4, 0.5) is 8.78 Å². The van der Waals surface area contributed by atoms with E-state index in [1.165, 1.54) is 7.11 Å². The first kappa shape index (κ1) is 13.1. The van der Waals surface area contributed by atoms with E-state index in [1.54, 1.807) is 0 Å². The van der Waals surface area contributed by atoms with E-state index in [-0.39, 0.29) is 5.56 Å². The molecule has 0 saturated carbocycles. The second-order valence-corrected chi connectivity index (χ2v) is 3.91. The Hall–Kier alpha value is -0.940. The van der Waals surface area contributed by atoms with Crippen LogP contribution in [0.5, 0.6) is 0 Å². The van der Waals surface area contributed by atoms with E-state index in [1.807, 2.05) is 0 Å². The van der Waals surface area contributed by atoms with E-state index in [0.29, 0.717) is 19.1 Å². The first-order valence-corrected chi connectivity index (χ1v) is 5.24. The highest BCUT2D eigenvalue weighted by Gasteiger charge is 2.19. The minimum atomic E-state index is -0.860. The summed E-state index contributed by atoms with van der Waals surface area (Å²) in [6, 6.07) is 2.86. The van der Waals surface area contributed by atoms with Crippen LogP contribution >= 0.6 is 12.6 Å². The molecule has 88 valence electrons. The second-order valence-electron chi connectivity index (χ2n) is 3.29. The van der Waals surface area contributed by atoms with Crippen molar-refractivity contribution in [1.29, 1.82) is 0 Å². The molecule has 1 atom stereocenters. The molecule has 1 rings (SSSR count). The van der Waals surface area contributed by atoms with Crippen LogP contribution < -0.4 is 0 Å². The number of methoxy groups -OCH3 is 1. The number of Topliss-reactive ketones (excluding diaryl/α,β-unsaturated/α-hetero) is 1. The molecule has 0 amide bonds. The van der Waals surface area contributed by atoms with Gasteiger partial charge in [-0.3, -0.25) is 4.79 Å². The molecule has 0 saturated heterocycles. The lowest BCUT2D eigenvalue weighted by Gasteiger charge is -2.09. The Balaban J connectivity index is 2.79. The molecule has 2 nitrogen and oxygen atoms in total. The van der Waals surface area contributed by atoms with Crippen LogP contribution in [-0.2, 0) is 4.74 Å². The highest BCUT2D eigenvalue weighted by Crippen LogP contribution is 2.15. The summed E-state index contributed by atoms with van der Waals surface area (Å²) < 4.78 is 30.7. The van der Waals surface area contributed by atoms with Crippen LogP contribution in [0.25, 0.3) is 0 Å². The topological polar surface area (TPSA) is 26.3 Å². The van der Waals surface area contributed by atoms with Crippen molar-refractivity contribution in [3.05, 3.63) is 35.4 Å². The molecule has 1 unspecified atom stereocenters. The first-order valence-electron chi connectivity index (χ1n) is 4.72. The first-order chi connectivity index (χ1) is 7.56. The van der Waals surface area contributed by atoms with E-state index in [4.69, 9.17) is 4.74 Å². The van der Waals surface area contributed by atoms with Crippen molar-refractivity contribution in [3.63, 3.8) is 0 Å². The summed E-state index contributed by atoms with van der Waals surface area (Å²) in [5, 5.41) is -0.639. The molecule has 0 aliphatic carbocycles. The van der Waals surface area contributed by atoms with Crippen LogP contribution in [0, 0.1) is 11.6 Å². The van der Waals surface area contributed by atoms with Crippen LogP contribution in [0.1, 0.15) is 16.8 Å². The van der Waals surface area contributed by atoms with Gasteiger partial charge in [0.1, 0.15) is 11.6 Å². The predicted molar refractivity (Wildman–Crippen MR) is 60.0 cm³/mol. The average molecular weight is 246 g/mol. The van der Waals surface area contributed by atoms with Crippen molar-refractivity contribution < 1.29 is 18.3 Å². The molecular weight excluding hydrogens is 234 g/mol. The Bertz CT molecular complexity index is 382. The normalized spacial score (nSPS) is 12.5. The Morgan fingerprint density at radius 2 is 2.19 bits per heavy atom. The predicted octanol–water partition coefficient (Wildman–Crippen LogP) is 2.48. The van der Waals surface area contributed by atoms with Crippen molar-refractivity contribution in [3.8, 4) is 0 Å². The molecule has 0 heterocycles. The third kappa shape index (κ3) is 3.28. The van der Waals surface area contributed by atoms with E-state index in [2.05, 4.69) is 12.6 Å². The van der Waals surface area contributed by atoms with Gasteiger partial charge >= 0.3 is 0 Å². The largest absolute Gasteiger partial charge is 0.385 e. The average Bonchev–Trinajstić information content (AvgIpc) is 2.25. The molecular formula is C11H12F2O2S. The summed E-state index contributed by atoms with van der Waals surface area (Å²) in [6.07, 6.45) is 0.384. The summed E-state index contributed by atoms with van der Waals surface area (Å²) in [4.78, 5) is 11.7. The Morgan fingerprint density at radius 1 is 1.50 bits per heavy atom. The maximum Gasteiger partial charge on any atom is 0.178 e. The Morgan fingerprint density at radius 3 is 2.75 bits per heavy atom. The summed E-state index contributed by atoms with van der Waals surface area (Å²) in [5.74, 6) is -2.03. The van der Waals surface area contributed by atoms with Gasteiger partial charge in [-0.25, -0.2) is 8.78 Å². The number of hydrogen-bond donors (Lipinski definition) is 1. The van der Waals surface area contributed by atoms with Crippen molar-refractivity contribution >= 4 is 18.4 Å². The summed E-state index contributed by atoms with van der Waals surface area (Å²) in [6.45, 7) is 0.364. The van der Waals surface area contributed by atoms with Gasteiger partial charge in [0.15, 0.2) is 5.78 Å². The molecule has 0 spiro atoms. The zero-order chi connectivity index (χ0) is 12.1. The molecule has 0 bridgehead atoms. The lowest BCUT2D eigenvalue weighted by atomic mass is 10.1. The highest BCUT2D eigenvalue weighted by molar-refractivity contribution is 7.81. The maximum atomic E-state index is 13.3. The van der Waals surface area contributed by atoms with Gasteiger partial charge in [-0.05, 0) is 18.6 Å². The fourth-order valence-electron chi connectivity index (χ4n) is 1.23. The molecule has 0 aliphatic heterocycles. The number of ether oxygens (including phenoxy) is 1. The number of carbonyl (C=O) groups excluding carboxylic acids is 1. The maximum absolute atomic E-state index is 13.3. The van der Waals surface area contributed by atoms with Gasteiger partial charge in [-0.2, -0.15) is 12.6 Å². The van der Waals surface area contributed by atoms with Crippen molar-refractivity contribution in [2.75, 3.05) is 13.7 Å². The van der Waals surface area contributed by atoms with Crippen molar-refractivity contribution in [1.82, 2.24) is 0 Å². The van der Waals surface area contributed by atoms with Gasteiger partial charge in [0.05, 0.1) is 10.8 Å². The van der Waals surface area contributed by atoms with E-state index in [0.717, 1.165) is 12.1 Å². The number of rotatable bonds is 5. The standard InChI is InChI=1S/C11H12F2O2S/c1-15-5-4-10(16)11(14)8-3-2-7(12)6-9(8)13/h2-3,6,10,16H,4-5H2,1H3. The van der Waals surface area contributed by atoms with Gasteiger partial charge in [-0.1, -0.05) is 0 Å². The quantitative estimate of drug-likeness (QED) is 0.638. The number of thiol groups is 1. The summed E-state index contributed by atoms with van der Waals surface area (Å²) in [7, 11) is 1.50. The minimum Gasteiger partial charge on any atom is -0.385 e. The Kier molecular flexibility index (Phi) is 4.89. The van der Waals surface area contributed by atoms with E-state index < -0.39 is 22.7 Å². The molecule has 0 aromatic heterocycles. The monoisotopic (exact) mass is 246 g/mol. The lowest BCUT2D eigenvalue weighted by molar-refractivity contribution is 0.0968. The fraction of sp³-hybridized carbons (Fsp3) is 0.364. The second kappa shape index (κ2) is 5.96. The molecule has 0 radical (unpaired) electrons. The molecule has 0 fully saturated rings. The lowest BCUT2D eigenvalue weighted by Crippen LogP contribution is -2.18.